The van der Waals surface area contributed by atoms with Crippen LogP contribution in [-0.4, -0.2) is 37.0 Å². The van der Waals surface area contributed by atoms with E-state index in [1.165, 1.54) is 0 Å². The van der Waals surface area contributed by atoms with Gasteiger partial charge in [0, 0.05) is 26.1 Å². The van der Waals surface area contributed by atoms with Crippen molar-refractivity contribution in [3.8, 4) is 0 Å². The number of rotatable bonds is 7. The summed E-state index contributed by atoms with van der Waals surface area (Å²) in [6.45, 7) is 6.14. The number of nitrogens with two attached hydrogens (primary N) is 1. The molecule has 0 unspecified atom stereocenters. The SMILES string of the molecule is C=C=C(NCc1ccc(N=C/C(F)=C\N)nc1)C1(OC)CCNCC1. The van der Waals surface area contributed by atoms with E-state index in [4.69, 9.17) is 10.5 Å². The minimum atomic E-state index is -0.611. The van der Waals surface area contributed by atoms with Gasteiger partial charge in [0.25, 0.3) is 0 Å². The highest BCUT2D eigenvalue weighted by Gasteiger charge is 2.36. The predicted molar refractivity (Wildman–Crippen MR) is 97.1 cm³/mol. The summed E-state index contributed by atoms with van der Waals surface area (Å²) in [5, 5.41) is 6.68. The molecule has 6 nitrogen and oxygen atoms in total. The van der Waals surface area contributed by atoms with Crippen LogP contribution >= 0.6 is 0 Å². The van der Waals surface area contributed by atoms with Crippen molar-refractivity contribution in [3.05, 3.63) is 53.9 Å². The Morgan fingerprint density at radius 2 is 2.32 bits per heavy atom. The van der Waals surface area contributed by atoms with Crippen LogP contribution in [0.25, 0.3) is 0 Å². The topological polar surface area (TPSA) is 84.6 Å². The molecule has 0 atom stereocenters. The molecule has 0 radical (unpaired) electrons. The van der Waals surface area contributed by atoms with E-state index in [9.17, 15) is 4.39 Å². The molecule has 2 heterocycles. The van der Waals surface area contributed by atoms with Crippen LogP contribution in [0, 0.1) is 0 Å². The fourth-order valence-electron chi connectivity index (χ4n) is 2.73. The number of hydrogen-bond donors (Lipinski definition) is 3. The van der Waals surface area contributed by atoms with Gasteiger partial charge in [-0.05, 0) is 37.6 Å². The average Bonchev–Trinajstić information content (AvgIpc) is 2.68. The summed E-state index contributed by atoms with van der Waals surface area (Å²) < 4.78 is 18.7. The van der Waals surface area contributed by atoms with Gasteiger partial charge < -0.3 is 21.1 Å². The number of nitrogens with one attached hydrogen (secondary N) is 2. The fraction of sp³-hybridized carbons (Fsp3) is 0.389. The van der Waals surface area contributed by atoms with Gasteiger partial charge in [0.05, 0.1) is 11.9 Å². The van der Waals surface area contributed by atoms with Crippen LogP contribution in [-0.2, 0) is 11.3 Å². The van der Waals surface area contributed by atoms with Gasteiger partial charge in [-0.25, -0.2) is 14.4 Å². The molecule has 2 rings (SSSR count). The molecule has 1 aromatic heterocycles. The largest absolute Gasteiger partial charge is 0.402 e. The maximum Gasteiger partial charge on any atom is 0.156 e. The van der Waals surface area contributed by atoms with E-state index >= 15 is 0 Å². The highest BCUT2D eigenvalue weighted by molar-refractivity contribution is 5.77. The maximum absolute atomic E-state index is 12.9. The Morgan fingerprint density at radius 1 is 1.56 bits per heavy atom. The standard InChI is InChI=1S/C18H24FN5O/c1-3-16(18(25-2)6-8-21-9-7-18)22-11-14-4-5-17(23-12-14)24-13-15(19)10-20/h4-5,10,12-13,21-22H,1,6-9,11,20H2,2H3/b15-10+,24-13?. The van der Waals surface area contributed by atoms with Gasteiger partial charge in [-0.3, -0.25) is 0 Å². The molecule has 0 aromatic carbocycles. The van der Waals surface area contributed by atoms with Crippen molar-refractivity contribution in [2.45, 2.75) is 25.0 Å². The summed E-state index contributed by atoms with van der Waals surface area (Å²) in [7, 11) is 1.72. The minimum Gasteiger partial charge on any atom is -0.402 e. The molecule has 1 aliphatic rings. The van der Waals surface area contributed by atoms with E-state index < -0.39 is 5.83 Å². The normalized spacial score (nSPS) is 17.3. The van der Waals surface area contributed by atoms with Crippen LogP contribution in [0.5, 0.6) is 0 Å². The number of halogens is 1. The Balaban J connectivity index is 2.00. The fourth-order valence-corrected chi connectivity index (χ4v) is 2.73. The van der Waals surface area contributed by atoms with Crippen molar-refractivity contribution < 1.29 is 9.13 Å². The molecule has 0 spiro atoms. The number of ether oxygens (including phenoxy) is 1. The van der Waals surface area contributed by atoms with Crippen LogP contribution in [0.2, 0.25) is 0 Å². The average molecular weight is 345 g/mol. The van der Waals surface area contributed by atoms with Crippen LogP contribution < -0.4 is 16.4 Å². The first-order valence-corrected chi connectivity index (χ1v) is 8.10. The number of aromatic nitrogens is 1. The third-order valence-corrected chi connectivity index (χ3v) is 4.19. The molecule has 1 saturated heterocycles. The molecule has 0 saturated carbocycles. The highest BCUT2D eigenvalue weighted by Crippen LogP contribution is 2.28. The van der Waals surface area contributed by atoms with Gasteiger partial charge in [0.15, 0.2) is 11.6 Å². The van der Waals surface area contributed by atoms with Crippen molar-refractivity contribution in [1.29, 1.82) is 0 Å². The quantitative estimate of drug-likeness (QED) is 0.520. The lowest BCUT2D eigenvalue weighted by Crippen LogP contribution is -2.47. The number of aliphatic imine (C=N–C) groups is 1. The van der Waals surface area contributed by atoms with Gasteiger partial charge in [-0.2, -0.15) is 0 Å². The predicted octanol–water partition coefficient (Wildman–Crippen LogP) is 2.08. The molecular formula is C18H24FN5O. The first-order valence-electron chi connectivity index (χ1n) is 8.10. The molecule has 25 heavy (non-hydrogen) atoms. The molecule has 7 heteroatoms. The molecule has 0 amide bonds. The van der Waals surface area contributed by atoms with Gasteiger partial charge in [0.1, 0.15) is 5.60 Å². The van der Waals surface area contributed by atoms with Crippen LogP contribution in [0.1, 0.15) is 18.4 Å². The van der Waals surface area contributed by atoms with E-state index in [0.29, 0.717) is 12.4 Å². The molecule has 1 aromatic rings. The Labute approximate surface area is 147 Å². The zero-order valence-corrected chi connectivity index (χ0v) is 14.4. The number of hydrogen-bond acceptors (Lipinski definition) is 6. The maximum atomic E-state index is 12.9. The molecule has 4 N–H and O–H groups in total. The lowest BCUT2D eigenvalue weighted by molar-refractivity contribution is -0.00775. The van der Waals surface area contributed by atoms with E-state index in [0.717, 1.165) is 49.6 Å². The molecule has 0 aliphatic carbocycles. The monoisotopic (exact) mass is 345 g/mol. The van der Waals surface area contributed by atoms with Crippen molar-refractivity contribution in [2.75, 3.05) is 20.2 Å². The van der Waals surface area contributed by atoms with Crippen molar-refractivity contribution in [1.82, 2.24) is 15.6 Å². The summed E-state index contributed by atoms with van der Waals surface area (Å²) in [5.41, 5.74) is 9.46. The van der Waals surface area contributed by atoms with Crippen LogP contribution in [0.3, 0.4) is 0 Å². The zero-order chi connectivity index (χ0) is 18.1. The number of nitrogens with zero attached hydrogens (tertiary/aromatic N) is 2. The van der Waals surface area contributed by atoms with Crippen molar-refractivity contribution >= 4 is 12.0 Å². The van der Waals surface area contributed by atoms with E-state index in [1.54, 1.807) is 19.4 Å². The van der Waals surface area contributed by atoms with Gasteiger partial charge in [-0.15, -0.1) is 5.73 Å². The summed E-state index contributed by atoms with van der Waals surface area (Å²) in [5.74, 6) is -0.202. The first kappa shape index (κ1) is 18.9. The zero-order valence-electron chi connectivity index (χ0n) is 14.4. The molecule has 1 aliphatic heterocycles. The summed E-state index contributed by atoms with van der Waals surface area (Å²) >= 11 is 0. The Kier molecular flexibility index (Phi) is 6.89. The number of piperidine rings is 1. The van der Waals surface area contributed by atoms with Gasteiger partial charge in [-0.1, -0.05) is 12.6 Å². The first-order chi connectivity index (χ1) is 12.1. The van der Waals surface area contributed by atoms with Crippen LogP contribution in [0.15, 0.2) is 53.4 Å². The Hall–Kier alpha value is -2.47. The lowest BCUT2D eigenvalue weighted by Gasteiger charge is -2.37. The smallest absolute Gasteiger partial charge is 0.156 e. The molecular weight excluding hydrogens is 321 g/mol. The Morgan fingerprint density at radius 3 is 2.88 bits per heavy atom. The summed E-state index contributed by atoms with van der Waals surface area (Å²) in [6, 6.07) is 3.59. The highest BCUT2D eigenvalue weighted by atomic mass is 19.1. The lowest BCUT2D eigenvalue weighted by atomic mass is 9.88. The number of methoxy groups -OCH3 is 1. The second-order valence-corrected chi connectivity index (χ2v) is 5.69. The summed E-state index contributed by atoms with van der Waals surface area (Å²) in [4.78, 5) is 8.07. The molecule has 0 bridgehead atoms. The molecule has 134 valence electrons. The van der Waals surface area contributed by atoms with Crippen LogP contribution in [0.4, 0.5) is 10.2 Å². The van der Waals surface area contributed by atoms with Crippen molar-refractivity contribution in [2.24, 2.45) is 10.7 Å². The van der Waals surface area contributed by atoms with Gasteiger partial charge in [0.2, 0.25) is 0 Å². The number of allylic oxidation sites excluding steroid dienone is 1. The Bertz CT molecular complexity index is 671. The minimum absolute atomic E-state index is 0.378. The van der Waals surface area contributed by atoms with E-state index in [1.807, 2.05) is 6.07 Å². The second-order valence-electron chi connectivity index (χ2n) is 5.69. The third kappa shape index (κ3) is 5.00. The number of pyridine rings is 1. The third-order valence-electron chi connectivity index (χ3n) is 4.19. The summed E-state index contributed by atoms with van der Waals surface area (Å²) in [6.07, 6.45) is 5.28. The second kappa shape index (κ2) is 9.13. The van der Waals surface area contributed by atoms with Gasteiger partial charge >= 0.3 is 0 Å². The van der Waals surface area contributed by atoms with E-state index in [-0.39, 0.29) is 5.60 Å². The van der Waals surface area contributed by atoms with E-state index in [2.05, 4.69) is 32.9 Å². The molecule has 1 fully saturated rings. The van der Waals surface area contributed by atoms with Crippen molar-refractivity contribution in [3.63, 3.8) is 0 Å².